The molecule has 2 fully saturated rings. The average Bonchev–Trinajstić information content (AvgIpc) is 3.08. The number of hydrogen-bond donors (Lipinski definition) is 1. The molecule has 4 aromatic rings. The Balaban J connectivity index is 1.22. The Kier molecular flexibility index (Phi) is 9.43. The van der Waals surface area contributed by atoms with Crippen LogP contribution in [-0.4, -0.2) is 104 Å². The minimum absolute atomic E-state index is 0.0549. The number of aromatic nitrogens is 1. The van der Waals surface area contributed by atoms with E-state index < -0.39 is 22.0 Å². The summed E-state index contributed by atoms with van der Waals surface area (Å²) in [4.78, 5) is 35.3. The summed E-state index contributed by atoms with van der Waals surface area (Å²) in [5.74, 6) is -0.720. The lowest BCUT2D eigenvalue weighted by Crippen LogP contribution is -2.61. The van der Waals surface area contributed by atoms with E-state index in [1.54, 1.807) is 60.9 Å². The van der Waals surface area contributed by atoms with Gasteiger partial charge in [-0.1, -0.05) is 35.9 Å². The maximum Gasteiger partial charge on any atom is 0.254 e. The van der Waals surface area contributed by atoms with Gasteiger partial charge in [-0.25, -0.2) is 8.42 Å². The van der Waals surface area contributed by atoms with Gasteiger partial charge in [0.15, 0.2) is 0 Å². The first-order chi connectivity index (χ1) is 21.8. The van der Waals surface area contributed by atoms with Crippen LogP contribution < -0.4 is 5.32 Å². The smallest absolute Gasteiger partial charge is 0.254 e. The number of ether oxygens (including phenoxy) is 1. The van der Waals surface area contributed by atoms with Gasteiger partial charge in [-0.05, 0) is 70.4 Å². The quantitative estimate of drug-likeness (QED) is 0.312. The number of fused-ring (bicyclic) bond motifs is 1. The van der Waals surface area contributed by atoms with E-state index in [2.05, 4.69) is 15.2 Å². The molecule has 2 aliphatic rings. The van der Waals surface area contributed by atoms with Crippen LogP contribution in [0.3, 0.4) is 0 Å². The summed E-state index contributed by atoms with van der Waals surface area (Å²) in [7, 11) is -3.96. The van der Waals surface area contributed by atoms with E-state index in [1.807, 2.05) is 24.3 Å². The second-order valence-corrected chi connectivity index (χ2v) is 13.5. The van der Waals surface area contributed by atoms with Crippen molar-refractivity contribution in [3.63, 3.8) is 0 Å². The molecule has 0 spiro atoms. The number of sulfonamides is 1. The fourth-order valence-electron chi connectivity index (χ4n) is 5.74. The van der Waals surface area contributed by atoms with Gasteiger partial charge in [0.2, 0.25) is 15.9 Å². The van der Waals surface area contributed by atoms with E-state index in [0.29, 0.717) is 36.9 Å². The third-order valence-electron chi connectivity index (χ3n) is 8.29. The molecule has 2 amide bonds. The molecule has 12 heteroatoms. The second kappa shape index (κ2) is 13.6. The first kappa shape index (κ1) is 31.1. The molecule has 1 N–H and O–H groups in total. The monoisotopic (exact) mass is 647 g/mol. The lowest BCUT2D eigenvalue weighted by molar-refractivity contribution is -0.127. The maximum absolute atomic E-state index is 13.8. The van der Waals surface area contributed by atoms with E-state index in [4.69, 9.17) is 16.3 Å². The van der Waals surface area contributed by atoms with Gasteiger partial charge >= 0.3 is 0 Å². The van der Waals surface area contributed by atoms with Crippen LogP contribution in [-0.2, 0) is 19.6 Å². The number of benzene rings is 3. The van der Waals surface area contributed by atoms with Crippen LogP contribution >= 0.6 is 11.6 Å². The molecule has 2 aliphatic heterocycles. The van der Waals surface area contributed by atoms with E-state index >= 15 is 0 Å². The van der Waals surface area contributed by atoms with Crippen LogP contribution in [0.15, 0.2) is 90.1 Å². The molecule has 0 saturated carbocycles. The van der Waals surface area contributed by atoms with Crippen LogP contribution in [0.2, 0.25) is 5.02 Å². The number of pyridine rings is 1. The van der Waals surface area contributed by atoms with Gasteiger partial charge in [-0.3, -0.25) is 19.5 Å². The largest absolute Gasteiger partial charge is 0.379 e. The third-order valence-corrected chi connectivity index (χ3v) is 10.4. The molecule has 3 aromatic carbocycles. The zero-order valence-electron chi connectivity index (χ0n) is 24.6. The highest BCUT2D eigenvalue weighted by Gasteiger charge is 2.40. The Morgan fingerprint density at radius 2 is 1.56 bits per heavy atom. The first-order valence-corrected chi connectivity index (χ1v) is 16.7. The fraction of sp³-hybridized carbons (Fsp3) is 0.303. The minimum Gasteiger partial charge on any atom is -0.379 e. The highest BCUT2D eigenvalue weighted by molar-refractivity contribution is 7.89. The van der Waals surface area contributed by atoms with Crippen LogP contribution in [0.25, 0.3) is 21.9 Å². The molecule has 0 aliphatic carbocycles. The molecule has 45 heavy (non-hydrogen) atoms. The van der Waals surface area contributed by atoms with E-state index in [9.17, 15) is 18.0 Å². The first-order valence-electron chi connectivity index (χ1n) is 14.9. The Bertz CT molecular complexity index is 1780. The molecule has 1 aromatic heterocycles. The molecule has 2 saturated heterocycles. The number of piperazine rings is 1. The van der Waals surface area contributed by atoms with Gasteiger partial charge in [0.05, 0.1) is 18.1 Å². The number of amides is 2. The number of morpholine rings is 1. The van der Waals surface area contributed by atoms with Gasteiger partial charge < -0.3 is 15.0 Å². The van der Waals surface area contributed by atoms with Gasteiger partial charge in [-0.15, -0.1) is 0 Å². The third kappa shape index (κ3) is 7.03. The van der Waals surface area contributed by atoms with Crippen LogP contribution in [0.5, 0.6) is 0 Å². The second-order valence-electron chi connectivity index (χ2n) is 11.1. The fourth-order valence-corrected chi connectivity index (χ4v) is 7.40. The molecule has 3 heterocycles. The summed E-state index contributed by atoms with van der Waals surface area (Å²) in [5, 5.41) is 5.08. The molecule has 10 nitrogen and oxygen atoms in total. The van der Waals surface area contributed by atoms with Crippen molar-refractivity contribution < 1.29 is 22.7 Å². The minimum atomic E-state index is -3.96. The number of hydrogen-bond acceptors (Lipinski definition) is 7. The van der Waals surface area contributed by atoms with Crippen molar-refractivity contribution in [1.82, 2.24) is 24.4 Å². The summed E-state index contributed by atoms with van der Waals surface area (Å²) in [6, 6.07) is 20.1. The molecule has 1 unspecified atom stereocenters. The summed E-state index contributed by atoms with van der Waals surface area (Å²) in [6.45, 7) is 3.82. The molecule has 0 radical (unpaired) electrons. The number of nitrogens with zero attached hydrogens (tertiary/aromatic N) is 4. The molecular formula is C33H34ClN5O5S. The number of halogens is 1. The number of nitrogens with one attached hydrogen (secondary N) is 1. The highest BCUT2D eigenvalue weighted by atomic mass is 35.5. The van der Waals surface area contributed by atoms with Crippen LogP contribution in [0.4, 0.5) is 0 Å². The Morgan fingerprint density at radius 3 is 2.31 bits per heavy atom. The SMILES string of the molecule is O=C(NCCN1CCOCC1)C1CN(S(=O)(=O)c2ccc3cc(Cl)ccc3c2)CCN1C(=O)c1ccc(-c2ccncc2)cc1. The van der Waals surface area contributed by atoms with Crippen LogP contribution in [0.1, 0.15) is 10.4 Å². The van der Waals surface area contributed by atoms with E-state index in [0.717, 1.165) is 35.0 Å². The number of rotatable bonds is 8. The molecule has 1 atom stereocenters. The van der Waals surface area contributed by atoms with Crippen molar-refractivity contribution in [3.8, 4) is 11.1 Å². The van der Waals surface area contributed by atoms with Gasteiger partial charge in [0.25, 0.3) is 5.91 Å². The Hall–Kier alpha value is -3.87. The molecular weight excluding hydrogens is 614 g/mol. The maximum atomic E-state index is 13.8. The predicted molar refractivity (Wildman–Crippen MR) is 172 cm³/mol. The summed E-state index contributed by atoms with van der Waals surface area (Å²) in [5.41, 5.74) is 2.32. The van der Waals surface area contributed by atoms with Crippen molar-refractivity contribution in [1.29, 1.82) is 0 Å². The van der Waals surface area contributed by atoms with Crippen molar-refractivity contribution in [3.05, 3.63) is 95.8 Å². The molecule has 6 rings (SSSR count). The van der Waals surface area contributed by atoms with Gasteiger partial charge in [0, 0.05) is 68.8 Å². The summed E-state index contributed by atoms with van der Waals surface area (Å²) >= 11 is 6.11. The zero-order chi connectivity index (χ0) is 31.4. The Morgan fingerprint density at radius 1 is 0.867 bits per heavy atom. The summed E-state index contributed by atoms with van der Waals surface area (Å²) < 4.78 is 34.4. The van der Waals surface area contributed by atoms with Gasteiger partial charge in [0.1, 0.15) is 6.04 Å². The highest BCUT2D eigenvalue weighted by Crippen LogP contribution is 2.27. The number of carbonyl (C=O) groups excluding carboxylic acids is 2. The predicted octanol–water partition coefficient (Wildman–Crippen LogP) is 3.52. The topological polar surface area (TPSA) is 112 Å². The van der Waals surface area contributed by atoms with Crippen molar-refractivity contribution in [2.24, 2.45) is 0 Å². The Labute approximate surface area is 267 Å². The van der Waals surface area contributed by atoms with Crippen molar-refractivity contribution in [2.45, 2.75) is 10.9 Å². The summed E-state index contributed by atoms with van der Waals surface area (Å²) in [6.07, 6.45) is 3.41. The zero-order valence-corrected chi connectivity index (χ0v) is 26.2. The van der Waals surface area contributed by atoms with Crippen molar-refractivity contribution >= 4 is 44.2 Å². The van der Waals surface area contributed by atoms with E-state index in [-0.39, 0.29) is 30.4 Å². The lowest BCUT2D eigenvalue weighted by Gasteiger charge is -2.40. The average molecular weight is 648 g/mol. The van der Waals surface area contributed by atoms with E-state index in [1.165, 1.54) is 9.21 Å². The number of carbonyl (C=O) groups is 2. The van der Waals surface area contributed by atoms with Gasteiger partial charge in [-0.2, -0.15) is 4.31 Å². The standard InChI is InChI=1S/C33H34ClN5O5S/c34-29-7-5-28-22-30(8-6-27(28)21-29)45(42,43)38-15-16-39(31(23-38)32(40)36-13-14-37-17-19-44-20-18-37)33(41)26-3-1-24(2-4-26)25-9-11-35-12-10-25/h1-12,21-22,31H,13-20,23H2,(H,36,40). The van der Waals surface area contributed by atoms with Crippen LogP contribution in [0, 0.1) is 0 Å². The molecule has 234 valence electrons. The lowest BCUT2D eigenvalue weighted by atomic mass is 10.0. The molecule has 0 bridgehead atoms. The van der Waals surface area contributed by atoms with Crippen molar-refractivity contribution in [2.75, 3.05) is 59.0 Å². The normalized spacial score (nSPS) is 18.2.